The number of carbonyl (C=O) groups excluding carboxylic acids is 1. The fourth-order valence-corrected chi connectivity index (χ4v) is 4.79. The van der Waals surface area contributed by atoms with E-state index in [4.69, 9.17) is 0 Å². The van der Waals surface area contributed by atoms with Gasteiger partial charge in [-0.2, -0.15) is 0 Å². The normalized spacial score (nSPS) is 16.8. The summed E-state index contributed by atoms with van der Waals surface area (Å²) in [7, 11) is 0. The van der Waals surface area contributed by atoms with Gasteiger partial charge in [-0.15, -0.1) is 10.2 Å². The smallest absolute Gasteiger partial charge is 0.230 e. The number of carbonyl (C=O) groups is 1. The number of nitrogens with zero attached hydrogens (tertiary/aromatic N) is 4. The quantitative estimate of drug-likeness (QED) is 0.628. The molecule has 3 aromatic rings. The van der Waals surface area contributed by atoms with Crippen LogP contribution in [0.4, 0.5) is 11.5 Å². The Kier molecular flexibility index (Phi) is 5.41. The summed E-state index contributed by atoms with van der Waals surface area (Å²) in [5.41, 5.74) is 5.65. The van der Waals surface area contributed by atoms with Crippen LogP contribution in [-0.2, 0) is 11.2 Å². The zero-order valence-corrected chi connectivity index (χ0v) is 18.0. The molecular formula is C26H28N4O. The fourth-order valence-electron chi connectivity index (χ4n) is 4.79. The van der Waals surface area contributed by atoms with Crippen molar-refractivity contribution in [2.75, 3.05) is 29.4 Å². The Hall–Kier alpha value is -3.21. The lowest BCUT2D eigenvalue weighted by Crippen LogP contribution is -2.44. The number of aryl methyl sites for hydroxylation is 2. The number of amides is 1. The van der Waals surface area contributed by atoms with Crippen LogP contribution < -0.4 is 9.80 Å². The number of rotatable bonds is 3. The van der Waals surface area contributed by atoms with Crippen molar-refractivity contribution in [2.45, 2.75) is 32.6 Å². The minimum atomic E-state index is 0.0834. The first-order valence-electron chi connectivity index (χ1n) is 11.2. The number of fused-ring (bicyclic) bond motifs is 1. The van der Waals surface area contributed by atoms with E-state index in [1.165, 1.54) is 11.1 Å². The summed E-state index contributed by atoms with van der Waals surface area (Å²) in [6.07, 6.45) is 3.83. The van der Waals surface area contributed by atoms with Crippen molar-refractivity contribution in [1.29, 1.82) is 0 Å². The Balaban J connectivity index is 1.23. The van der Waals surface area contributed by atoms with Gasteiger partial charge in [-0.05, 0) is 56.4 Å². The van der Waals surface area contributed by atoms with Crippen molar-refractivity contribution in [1.82, 2.24) is 10.2 Å². The second kappa shape index (κ2) is 8.50. The second-order valence-electron chi connectivity index (χ2n) is 8.63. The molecule has 1 amide bonds. The zero-order chi connectivity index (χ0) is 21.2. The van der Waals surface area contributed by atoms with E-state index in [1.54, 1.807) is 0 Å². The summed E-state index contributed by atoms with van der Waals surface area (Å²) in [5, 5.41) is 8.87. The minimum Gasteiger partial charge on any atom is -0.355 e. The molecule has 2 aromatic carbocycles. The van der Waals surface area contributed by atoms with Gasteiger partial charge in [0.1, 0.15) is 0 Å². The Morgan fingerprint density at radius 2 is 1.74 bits per heavy atom. The molecule has 158 valence electrons. The molecule has 5 nitrogen and oxygen atoms in total. The largest absolute Gasteiger partial charge is 0.355 e. The first-order valence-corrected chi connectivity index (χ1v) is 11.2. The number of benzene rings is 2. The van der Waals surface area contributed by atoms with Crippen LogP contribution in [0.15, 0.2) is 60.7 Å². The van der Waals surface area contributed by atoms with Crippen molar-refractivity contribution in [3.63, 3.8) is 0 Å². The highest BCUT2D eigenvalue weighted by molar-refractivity contribution is 5.96. The molecule has 1 fully saturated rings. The Bertz CT molecular complexity index is 1060. The van der Waals surface area contributed by atoms with Crippen LogP contribution in [0.2, 0.25) is 0 Å². The van der Waals surface area contributed by atoms with Crippen molar-refractivity contribution in [2.24, 2.45) is 5.92 Å². The number of aromatic nitrogens is 2. The SMILES string of the molecule is Cc1ccc2c(c1)CCCN2C(=O)C1CCN(c2ccc(-c3ccccc3)nn2)CC1. The molecule has 1 saturated heterocycles. The summed E-state index contributed by atoms with van der Waals surface area (Å²) in [6, 6.07) is 20.6. The van der Waals surface area contributed by atoms with E-state index in [0.717, 1.165) is 68.1 Å². The highest BCUT2D eigenvalue weighted by Gasteiger charge is 2.31. The average Bonchev–Trinajstić information content (AvgIpc) is 2.84. The van der Waals surface area contributed by atoms with Gasteiger partial charge in [0.15, 0.2) is 5.82 Å². The van der Waals surface area contributed by atoms with Gasteiger partial charge in [0.25, 0.3) is 0 Å². The van der Waals surface area contributed by atoms with Crippen molar-refractivity contribution in [3.8, 4) is 11.3 Å². The van der Waals surface area contributed by atoms with Crippen LogP contribution in [0.1, 0.15) is 30.4 Å². The van der Waals surface area contributed by atoms with Crippen molar-refractivity contribution >= 4 is 17.4 Å². The number of hydrogen-bond acceptors (Lipinski definition) is 4. The fraction of sp³-hybridized carbons (Fsp3) is 0.346. The van der Waals surface area contributed by atoms with Gasteiger partial charge < -0.3 is 9.80 Å². The van der Waals surface area contributed by atoms with Gasteiger partial charge in [0.2, 0.25) is 5.91 Å². The molecule has 2 aliphatic rings. The molecule has 31 heavy (non-hydrogen) atoms. The highest BCUT2D eigenvalue weighted by Crippen LogP contribution is 2.32. The van der Waals surface area contributed by atoms with Crippen LogP contribution in [0.3, 0.4) is 0 Å². The van der Waals surface area contributed by atoms with E-state index in [-0.39, 0.29) is 11.8 Å². The topological polar surface area (TPSA) is 49.3 Å². The third kappa shape index (κ3) is 4.05. The third-order valence-electron chi connectivity index (χ3n) is 6.51. The maximum absolute atomic E-state index is 13.3. The van der Waals surface area contributed by atoms with Gasteiger partial charge in [0, 0.05) is 36.8 Å². The zero-order valence-electron chi connectivity index (χ0n) is 18.0. The number of hydrogen-bond donors (Lipinski definition) is 0. The number of anilines is 2. The van der Waals surface area contributed by atoms with Crippen LogP contribution in [0, 0.1) is 12.8 Å². The standard InChI is InChI=1S/C26H28N4O/c1-19-9-11-24-22(18-19)8-5-15-30(24)26(31)21-13-16-29(17-14-21)25-12-10-23(27-28-25)20-6-3-2-4-7-20/h2-4,6-7,9-12,18,21H,5,8,13-17H2,1H3. The average molecular weight is 413 g/mol. The molecule has 5 heteroatoms. The monoisotopic (exact) mass is 412 g/mol. The van der Waals surface area contributed by atoms with Gasteiger partial charge in [-0.1, -0.05) is 48.0 Å². The summed E-state index contributed by atoms with van der Waals surface area (Å²) >= 11 is 0. The molecule has 0 spiro atoms. The molecule has 0 radical (unpaired) electrons. The molecule has 5 rings (SSSR count). The lowest BCUT2D eigenvalue weighted by molar-refractivity contribution is -0.123. The van der Waals surface area contributed by atoms with Crippen molar-refractivity contribution < 1.29 is 4.79 Å². The molecule has 2 aliphatic heterocycles. The number of piperidine rings is 1. The summed E-state index contributed by atoms with van der Waals surface area (Å²) in [5.74, 6) is 1.26. The second-order valence-corrected chi connectivity index (χ2v) is 8.63. The molecule has 0 aliphatic carbocycles. The molecule has 0 bridgehead atoms. The maximum Gasteiger partial charge on any atom is 0.230 e. The molecule has 0 saturated carbocycles. The van der Waals surface area contributed by atoms with E-state index in [9.17, 15) is 4.79 Å². The van der Waals surface area contributed by atoms with E-state index >= 15 is 0 Å². The van der Waals surface area contributed by atoms with Gasteiger partial charge in [-0.25, -0.2) is 0 Å². The van der Waals surface area contributed by atoms with Crippen LogP contribution in [0.25, 0.3) is 11.3 Å². The molecule has 0 unspecified atom stereocenters. The summed E-state index contributed by atoms with van der Waals surface area (Å²) < 4.78 is 0. The Labute approximate surface area is 183 Å². The van der Waals surface area contributed by atoms with Crippen LogP contribution in [0.5, 0.6) is 0 Å². The Morgan fingerprint density at radius 1 is 0.935 bits per heavy atom. The Morgan fingerprint density at radius 3 is 2.48 bits per heavy atom. The summed E-state index contributed by atoms with van der Waals surface area (Å²) in [4.78, 5) is 17.6. The van der Waals surface area contributed by atoms with Crippen LogP contribution in [-0.4, -0.2) is 35.7 Å². The van der Waals surface area contributed by atoms with Crippen LogP contribution >= 0.6 is 0 Å². The van der Waals surface area contributed by atoms with E-state index < -0.39 is 0 Å². The predicted molar refractivity (Wildman–Crippen MR) is 124 cm³/mol. The predicted octanol–water partition coefficient (Wildman–Crippen LogP) is 4.65. The minimum absolute atomic E-state index is 0.0834. The third-order valence-corrected chi connectivity index (χ3v) is 6.51. The van der Waals surface area contributed by atoms with Gasteiger partial charge in [-0.3, -0.25) is 4.79 Å². The molecule has 0 atom stereocenters. The van der Waals surface area contributed by atoms with Gasteiger partial charge in [0.05, 0.1) is 5.69 Å². The van der Waals surface area contributed by atoms with E-state index in [1.807, 2.05) is 47.4 Å². The van der Waals surface area contributed by atoms with E-state index in [0.29, 0.717) is 0 Å². The van der Waals surface area contributed by atoms with E-state index in [2.05, 4.69) is 40.2 Å². The van der Waals surface area contributed by atoms with Gasteiger partial charge >= 0.3 is 0 Å². The lowest BCUT2D eigenvalue weighted by atomic mass is 9.92. The maximum atomic E-state index is 13.3. The molecular weight excluding hydrogens is 384 g/mol. The van der Waals surface area contributed by atoms with Crippen molar-refractivity contribution in [3.05, 3.63) is 71.8 Å². The summed E-state index contributed by atoms with van der Waals surface area (Å²) in [6.45, 7) is 4.63. The molecule has 1 aromatic heterocycles. The highest BCUT2D eigenvalue weighted by atomic mass is 16.2. The lowest BCUT2D eigenvalue weighted by Gasteiger charge is -2.36. The molecule has 3 heterocycles. The first-order chi connectivity index (χ1) is 15.2. The molecule has 0 N–H and O–H groups in total. The first kappa shape index (κ1) is 19.7.